The van der Waals surface area contributed by atoms with Crippen molar-refractivity contribution >= 4 is 17.6 Å². The number of carbonyl (C=O) groups excluding carboxylic acids is 1. The number of nitrogens with zero attached hydrogens (tertiary/aromatic N) is 4. The molecular weight excluding hydrogens is 684 g/mol. The van der Waals surface area contributed by atoms with Crippen LogP contribution in [0.25, 0.3) is 0 Å². The number of nitrogens with one attached hydrogen (secondary N) is 1. The van der Waals surface area contributed by atoms with Crippen LogP contribution in [0.5, 0.6) is 0 Å². The molecule has 4 N–H and O–H groups in total. The summed E-state index contributed by atoms with van der Waals surface area (Å²) in [5.41, 5.74) is 5.09. The lowest BCUT2D eigenvalue weighted by Crippen LogP contribution is -2.51. The number of carboxylic acid groups (broad SMARTS) is 1. The largest absolute Gasteiger partial charge is 0.481 e. The first-order valence-corrected chi connectivity index (χ1v) is 16.8. The van der Waals surface area contributed by atoms with Crippen LogP contribution < -0.4 is 27.2 Å². The molecule has 1 aromatic heterocycles. The van der Waals surface area contributed by atoms with Gasteiger partial charge in [-0.1, -0.05) is 48.5 Å². The number of carboxylic acids is 1. The second kappa shape index (κ2) is 16.4. The van der Waals surface area contributed by atoms with E-state index < -0.39 is 52.9 Å². The molecule has 1 saturated heterocycles. The van der Waals surface area contributed by atoms with E-state index in [0.717, 1.165) is 32.9 Å². The van der Waals surface area contributed by atoms with Crippen LogP contribution in [-0.4, -0.2) is 63.7 Å². The minimum Gasteiger partial charge on any atom is -0.481 e. The van der Waals surface area contributed by atoms with Crippen LogP contribution >= 0.6 is 0 Å². The van der Waals surface area contributed by atoms with Crippen molar-refractivity contribution in [1.82, 2.24) is 19.4 Å². The first-order chi connectivity index (χ1) is 24.7. The Morgan fingerprint density at radius 2 is 1.62 bits per heavy atom. The van der Waals surface area contributed by atoms with E-state index in [0.29, 0.717) is 50.3 Å². The number of rotatable bonds is 13. The predicted octanol–water partition coefficient (Wildman–Crippen LogP) is 4.14. The molecule has 3 aromatic carbocycles. The summed E-state index contributed by atoms with van der Waals surface area (Å²) in [5.74, 6) is -2.38. The third kappa shape index (κ3) is 8.95. The Morgan fingerprint density at radius 3 is 2.29 bits per heavy atom. The van der Waals surface area contributed by atoms with Crippen molar-refractivity contribution in [1.29, 1.82) is 0 Å². The first kappa shape index (κ1) is 38.0. The quantitative estimate of drug-likeness (QED) is 0.138. The molecule has 0 unspecified atom stereocenters. The summed E-state index contributed by atoms with van der Waals surface area (Å²) >= 11 is 0. The molecule has 0 spiro atoms. The van der Waals surface area contributed by atoms with E-state index in [1.54, 1.807) is 53.4 Å². The zero-order chi connectivity index (χ0) is 37.6. The molecule has 52 heavy (non-hydrogen) atoms. The Kier molecular flexibility index (Phi) is 12.0. The highest BCUT2D eigenvalue weighted by Gasteiger charge is 2.35. The summed E-state index contributed by atoms with van der Waals surface area (Å²) in [6.07, 6.45) is -4.62. The number of hydrogen-bond donors (Lipinski definition) is 3. The highest BCUT2D eigenvalue weighted by Crippen LogP contribution is 2.33. The molecule has 1 fully saturated rings. The number of nitrogens with two attached hydrogens (primary N) is 1. The molecule has 0 saturated carbocycles. The second-order valence-corrected chi connectivity index (χ2v) is 12.7. The lowest BCUT2D eigenvalue weighted by atomic mass is 10.1. The van der Waals surface area contributed by atoms with Gasteiger partial charge in [0.2, 0.25) is 0 Å². The smallest absolute Gasteiger partial charge is 0.416 e. The van der Waals surface area contributed by atoms with E-state index in [1.807, 2.05) is 6.07 Å². The number of anilines is 1. The predicted molar refractivity (Wildman–Crippen MR) is 187 cm³/mol. The van der Waals surface area contributed by atoms with Gasteiger partial charge in [0.15, 0.2) is 0 Å². The lowest BCUT2D eigenvalue weighted by molar-refractivity contribution is -0.138. The van der Waals surface area contributed by atoms with Crippen molar-refractivity contribution in [3.63, 3.8) is 0 Å². The van der Waals surface area contributed by atoms with Crippen LogP contribution in [0.15, 0.2) is 82.4 Å². The van der Waals surface area contributed by atoms with Gasteiger partial charge in [0.05, 0.1) is 18.7 Å². The molecule has 0 radical (unpaired) electrons. The van der Waals surface area contributed by atoms with Gasteiger partial charge in [-0.25, -0.2) is 9.18 Å². The van der Waals surface area contributed by atoms with Gasteiger partial charge >= 0.3 is 17.8 Å². The third-order valence-electron chi connectivity index (χ3n) is 9.14. The van der Waals surface area contributed by atoms with Gasteiger partial charge in [-0.15, -0.1) is 0 Å². The van der Waals surface area contributed by atoms with Crippen LogP contribution in [0, 0.1) is 12.7 Å². The summed E-state index contributed by atoms with van der Waals surface area (Å²) in [7, 11) is 0. The third-order valence-corrected chi connectivity index (χ3v) is 9.14. The Labute approximate surface area is 296 Å². The van der Waals surface area contributed by atoms with Gasteiger partial charge in [0.25, 0.3) is 11.5 Å². The second-order valence-electron chi connectivity index (χ2n) is 12.7. The van der Waals surface area contributed by atoms with Crippen molar-refractivity contribution < 1.29 is 32.3 Å². The maximum Gasteiger partial charge on any atom is 0.416 e. The van der Waals surface area contributed by atoms with Gasteiger partial charge in [-0.3, -0.25) is 28.4 Å². The van der Waals surface area contributed by atoms with E-state index in [9.17, 15) is 32.3 Å². The normalized spacial score (nSPS) is 14.3. The van der Waals surface area contributed by atoms with E-state index in [4.69, 9.17) is 10.8 Å². The average Bonchev–Trinajstić information content (AvgIpc) is 3.11. The number of alkyl halides is 3. The molecule has 1 aliphatic rings. The van der Waals surface area contributed by atoms with E-state index in [1.165, 1.54) is 6.92 Å². The molecule has 1 amide bonds. The van der Waals surface area contributed by atoms with Gasteiger partial charge in [0, 0.05) is 68.6 Å². The van der Waals surface area contributed by atoms with Crippen LogP contribution in [0.4, 0.5) is 23.2 Å². The molecule has 1 atom stereocenters. The van der Waals surface area contributed by atoms with Crippen molar-refractivity contribution in [3.05, 3.63) is 133 Å². The monoisotopic (exact) mass is 724 g/mol. The van der Waals surface area contributed by atoms with Gasteiger partial charge in [0.1, 0.15) is 11.5 Å². The zero-order valence-electron chi connectivity index (χ0n) is 28.5. The number of piperazine rings is 1. The number of halogens is 4. The van der Waals surface area contributed by atoms with Crippen molar-refractivity contribution in [2.75, 3.05) is 37.6 Å². The molecule has 0 bridgehead atoms. The summed E-state index contributed by atoms with van der Waals surface area (Å²) in [4.78, 5) is 55.2. The molecule has 4 aromatic rings. The summed E-state index contributed by atoms with van der Waals surface area (Å²) in [6.45, 7) is 2.76. The van der Waals surface area contributed by atoms with Crippen LogP contribution in [0.2, 0.25) is 0 Å². The average molecular weight is 725 g/mol. The Bertz CT molecular complexity index is 2020. The van der Waals surface area contributed by atoms with Crippen molar-refractivity contribution in [2.24, 2.45) is 5.73 Å². The maximum atomic E-state index is 15.0. The number of carbonyl (C=O) groups is 2. The number of benzene rings is 3. The Balaban J connectivity index is 1.41. The minimum atomic E-state index is -4.89. The topological polar surface area (TPSA) is 143 Å². The van der Waals surface area contributed by atoms with Crippen molar-refractivity contribution in [3.8, 4) is 0 Å². The van der Waals surface area contributed by atoms with Gasteiger partial charge in [-0.2, -0.15) is 13.2 Å². The fourth-order valence-electron chi connectivity index (χ4n) is 6.39. The van der Waals surface area contributed by atoms with Crippen LogP contribution in [-0.2, 0) is 30.6 Å². The number of aromatic nitrogens is 2. The highest BCUT2D eigenvalue weighted by molar-refractivity contribution is 5.94. The molecular formula is C37H40F4N6O5. The lowest BCUT2D eigenvalue weighted by Gasteiger charge is -2.37. The molecule has 1 aliphatic heterocycles. The van der Waals surface area contributed by atoms with Gasteiger partial charge in [-0.05, 0) is 48.7 Å². The molecule has 11 nitrogen and oxygen atoms in total. The van der Waals surface area contributed by atoms with Gasteiger partial charge < -0.3 is 21.1 Å². The molecule has 15 heteroatoms. The van der Waals surface area contributed by atoms with E-state index >= 15 is 4.39 Å². The number of amides is 1. The number of aliphatic carboxylic acids is 1. The fourth-order valence-corrected chi connectivity index (χ4v) is 6.39. The first-order valence-electron chi connectivity index (χ1n) is 16.8. The van der Waals surface area contributed by atoms with E-state index in [-0.39, 0.29) is 36.8 Å². The SMILES string of the molecule is Cc1c(N2CCN(Cc3cccc(C(=O)NCCCC(=O)O)c3)CC2)c(=O)n(C[C@@H](N)c2ccccc2)c(=O)n1Cc1c(F)cccc1C(F)(F)F. The van der Waals surface area contributed by atoms with Crippen LogP contribution in [0.3, 0.4) is 0 Å². The fraction of sp³-hybridized carbons (Fsp3) is 0.351. The highest BCUT2D eigenvalue weighted by atomic mass is 19.4. The van der Waals surface area contributed by atoms with Crippen LogP contribution in [0.1, 0.15) is 57.2 Å². The minimum absolute atomic E-state index is 0.0491. The summed E-state index contributed by atoms with van der Waals surface area (Å²) < 4.78 is 58.9. The Morgan fingerprint density at radius 1 is 0.923 bits per heavy atom. The molecule has 5 rings (SSSR count). The standard InChI is InChI=1S/C37H40F4N6O5/c1-24-33(45-18-16-44(17-19-45)21-25-8-5-11-27(20-25)34(50)43-15-7-14-32(48)49)35(51)47(23-31(42)26-9-3-2-4-10-26)36(52)46(24)22-28-29(37(39,40)41)12-6-13-30(28)38/h2-6,8-13,20,31H,7,14-19,21-23,42H2,1H3,(H,43,50)(H,48,49)/t31-/m1/s1. The summed E-state index contributed by atoms with van der Waals surface area (Å²) in [6, 6.07) is 17.6. The van der Waals surface area contributed by atoms with E-state index in [2.05, 4.69) is 10.2 Å². The maximum absolute atomic E-state index is 15.0. The molecule has 276 valence electrons. The summed E-state index contributed by atoms with van der Waals surface area (Å²) in [5, 5.41) is 11.5. The number of hydrogen-bond acceptors (Lipinski definition) is 7. The molecule has 2 heterocycles. The Hall–Kier alpha value is -5.28. The zero-order valence-corrected chi connectivity index (χ0v) is 28.5. The van der Waals surface area contributed by atoms with Crippen molar-refractivity contribution in [2.45, 2.75) is 51.6 Å². The molecule has 0 aliphatic carbocycles.